The molecule has 0 radical (unpaired) electrons. The summed E-state index contributed by atoms with van der Waals surface area (Å²) in [5, 5.41) is 6.86. The number of rotatable bonds is 8. The van der Waals surface area contributed by atoms with Gasteiger partial charge in [0.2, 0.25) is 0 Å². The fourth-order valence-electron chi connectivity index (χ4n) is 2.56. The molecule has 1 aromatic heterocycles. The van der Waals surface area contributed by atoms with Crippen molar-refractivity contribution < 1.29 is 9.32 Å². The van der Waals surface area contributed by atoms with Crippen molar-refractivity contribution in [3.05, 3.63) is 17.0 Å². The highest BCUT2D eigenvalue weighted by atomic mass is 16.5. The molecular formula is C16H29N3O2. The van der Waals surface area contributed by atoms with Crippen molar-refractivity contribution in [2.45, 2.75) is 47.5 Å². The zero-order chi connectivity index (χ0) is 16.0. The van der Waals surface area contributed by atoms with Gasteiger partial charge < -0.3 is 14.7 Å². The highest BCUT2D eigenvalue weighted by Crippen LogP contribution is 2.17. The third-order valence-electron chi connectivity index (χ3n) is 3.59. The van der Waals surface area contributed by atoms with Gasteiger partial charge in [-0.3, -0.25) is 4.79 Å². The van der Waals surface area contributed by atoms with E-state index in [0.717, 1.165) is 37.3 Å². The number of hydrogen-bond donors (Lipinski definition) is 1. The van der Waals surface area contributed by atoms with E-state index >= 15 is 0 Å². The highest BCUT2D eigenvalue weighted by Gasteiger charge is 2.23. The van der Waals surface area contributed by atoms with Gasteiger partial charge in [0.25, 0.3) is 5.91 Å². The SMILES string of the molecule is CCCN(C)CC(C)(C)CNC(=O)c1noc(CC)c1C. The van der Waals surface area contributed by atoms with Crippen molar-refractivity contribution >= 4 is 5.91 Å². The molecule has 1 heterocycles. The van der Waals surface area contributed by atoms with E-state index in [1.807, 2.05) is 13.8 Å². The van der Waals surface area contributed by atoms with E-state index in [9.17, 15) is 4.79 Å². The van der Waals surface area contributed by atoms with Gasteiger partial charge in [0.05, 0.1) is 0 Å². The second-order valence-electron chi connectivity index (χ2n) is 6.52. The molecule has 0 spiro atoms. The first-order valence-electron chi connectivity index (χ1n) is 7.72. The number of amides is 1. The predicted octanol–water partition coefficient (Wildman–Crippen LogP) is 2.64. The molecule has 1 rings (SSSR count). The maximum Gasteiger partial charge on any atom is 0.273 e. The first kappa shape index (κ1) is 17.7. The first-order chi connectivity index (χ1) is 9.80. The maximum absolute atomic E-state index is 12.2. The Labute approximate surface area is 128 Å². The van der Waals surface area contributed by atoms with E-state index in [1.54, 1.807) is 0 Å². The molecule has 0 aliphatic rings. The van der Waals surface area contributed by atoms with Gasteiger partial charge in [-0.1, -0.05) is 32.9 Å². The van der Waals surface area contributed by atoms with Crippen molar-refractivity contribution in [2.24, 2.45) is 5.41 Å². The summed E-state index contributed by atoms with van der Waals surface area (Å²) < 4.78 is 5.18. The van der Waals surface area contributed by atoms with E-state index in [1.165, 1.54) is 0 Å². The van der Waals surface area contributed by atoms with Gasteiger partial charge in [-0.15, -0.1) is 0 Å². The summed E-state index contributed by atoms with van der Waals surface area (Å²) in [4.78, 5) is 14.5. The minimum atomic E-state index is -0.151. The molecule has 120 valence electrons. The van der Waals surface area contributed by atoms with Crippen LogP contribution < -0.4 is 5.32 Å². The lowest BCUT2D eigenvalue weighted by atomic mass is 9.92. The molecule has 0 bridgehead atoms. The van der Waals surface area contributed by atoms with Crippen LogP contribution >= 0.6 is 0 Å². The van der Waals surface area contributed by atoms with Crippen LogP contribution in [0.2, 0.25) is 0 Å². The number of hydrogen-bond acceptors (Lipinski definition) is 4. The van der Waals surface area contributed by atoms with Crippen molar-refractivity contribution in [3.8, 4) is 0 Å². The number of carbonyl (C=O) groups excluding carboxylic acids is 1. The van der Waals surface area contributed by atoms with Crippen LogP contribution in [0.3, 0.4) is 0 Å². The van der Waals surface area contributed by atoms with Gasteiger partial charge in [0.1, 0.15) is 5.76 Å². The molecule has 0 saturated carbocycles. The summed E-state index contributed by atoms with van der Waals surface area (Å²) in [6, 6.07) is 0. The van der Waals surface area contributed by atoms with Crippen molar-refractivity contribution in [3.63, 3.8) is 0 Å². The summed E-state index contributed by atoms with van der Waals surface area (Å²) in [6.07, 6.45) is 1.89. The Balaban J connectivity index is 2.57. The zero-order valence-corrected chi connectivity index (χ0v) is 14.2. The fourth-order valence-corrected chi connectivity index (χ4v) is 2.56. The predicted molar refractivity (Wildman–Crippen MR) is 84.5 cm³/mol. The third kappa shape index (κ3) is 5.16. The van der Waals surface area contributed by atoms with Crippen LogP contribution in [0.25, 0.3) is 0 Å². The molecule has 0 unspecified atom stereocenters. The quantitative estimate of drug-likeness (QED) is 0.801. The number of nitrogens with zero attached hydrogens (tertiary/aromatic N) is 2. The molecule has 21 heavy (non-hydrogen) atoms. The van der Waals surface area contributed by atoms with Gasteiger partial charge in [-0.2, -0.15) is 0 Å². The van der Waals surface area contributed by atoms with E-state index in [-0.39, 0.29) is 11.3 Å². The Hall–Kier alpha value is -1.36. The topological polar surface area (TPSA) is 58.4 Å². The normalized spacial score (nSPS) is 12.0. The van der Waals surface area contributed by atoms with Crippen molar-refractivity contribution in [1.82, 2.24) is 15.4 Å². The summed E-state index contributed by atoms with van der Waals surface area (Å²) in [6.45, 7) is 13.0. The molecule has 1 N–H and O–H groups in total. The summed E-state index contributed by atoms with van der Waals surface area (Å²) in [5.41, 5.74) is 1.27. The van der Waals surface area contributed by atoms with E-state index in [2.05, 4.69) is 43.2 Å². The molecule has 0 fully saturated rings. The van der Waals surface area contributed by atoms with E-state index in [4.69, 9.17) is 4.52 Å². The minimum Gasteiger partial charge on any atom is -0.360 e. The average Bonchev–Trinajstić information content (AvgIpc) is 2.77. The number of carbonyl (C=O) groups is 1. The third-order valence-corrected chi connectivity index (χ3v) is 3.59. The standard InChI is InChI=1S/C16H29N3O2/c1-7-9-19(6)11-16(4,5)10-17-15(20)14-12(3)13(8-2)21-18-14/h7-11H2,1-6H3,(H,17,20). The van der Waals surface area contributed by atoms with E-state index < -0.39 is 0 Å². The molecule has 0 saturated heterocycles. The fraction of sp³-hybridized carbons (Fsp3) is 0.750. The maximum atomic E-state index is 12.2. The molecule has 5 heteroatoms. The van der Waals surface area contributed by atoms with Gasteiger partial charge in [-0.05, 0) is 32.4 Å². The van der Waals surface area contributed by atoms with E-state index in [0.29, 0.717) is 12.2 Å². The highest BCUT2D eigenvalue weighted by molar-refractivity contribution is 5.93. The van der Waals surface area contributed by atoms with Crippen LogP contribution in [-0.2, 0) is 6.42 Å². The number of aromatic nitrogens is 1. The second kappa shape index (κ2) is 7.59. The lowest BCUT2D eigenvalue weighted by Crippen LogP contribution is -2.41. The largest absolute Gasteiger partial charge is 0.360 e. The minimum absolute atomic E-state index is 0.0187. The van der Waals surface area contributed by atoms with Crippen molar-refractivity contribution in [2.75, 3.05) is 26.7 Å². The molecule has 1 amide bonds. The van der Waals surface area contributed by atoms with Gasteiger partial charge in [-0.25, -0.2) is 0 Å². The summed E-state index contributed by atoms with van der Waals surface area (Å²) in [5.74, 6) is 0.629. The Morgan fingerprint density at radius 1 is 1.38 bits per heavy atom. The zero-order valence-electron chi connectivity index (χ0n) is 14.2. The van der Waals surface area contributed by atoms with Crippen LogP contribution in [0, 0.1) is 12.3 Å². The molecule has 0 aliphatic carbocycles. The first-order valence-corrected chi connectivity index (χ1v) is 7.72. The number of aryl methyl sites for hydroxylation is 1. The molecule has 0 atom stereocenters. The Kier molecular flexibility index (Phi) is 6.40. The Morgan fingerprint density at radius 2 is 2.05 bits per heavy atom. The molecule has 1 aromatic rings. The van der Waals surface area contributed by atoms with Gasteiger partial charge in [0, 0.05) is 25.1 Å². The lowest BCUT2D eigenvalue weighted by Gasteiger charge is -2.30. The average molecular weight is 295 g/mol. The molecule has 5 nitrogen and oxygen atoms in total. The van der Waals surface area contributed by atoms with Crippen LogP contribution in [0.15, 0.2) is 4.52 Å². The monoisotopic (exact) mass is 295 g/mol. The molecular weight excluding hydrogens is 266 g/mol. The number of nitrogens with one attached hydrogen (secondary N) is 1. The Morgan fingerprint density at radius 3 is 2.57 bits per heavy atom. The van der Waals surface area contributed by atoms with Crippen molar-refractivity contribution in [1.29, 1.82) is 0 Å². The summed E-state index contributed by atoms with van der Waals surface area (Å²) >= 11 is 0. The lowest BCUT2D eigenvalue weighted by molar-refractivity contribution is 0.0916. The van der Waals surface area contributed by atoms with Crippen LogP contribution in [0.5, 0.6) is 0 Å². The van der Waals surface area contributed by atoms with Gasteiger partial charge >= 0.3 is 0 Å². The molecule has 0 aromatic carbocycles. The second-order valence-corrected chi connectivity index (χ2v) is 6.52. The van der Waals surface area contributed by atoms with Gasteiger partial charge in [0.15, 0.2) is 5.69 Å². The van der Waals surface area contributed by atoms with Crippen LogP contribution in [0.4, 0.5) is 0 Å². The smallest absolute Gasteiger partial charge is 0.273 e. The molecule has 0 aliphatic heterocycles. The Bertz CT molecular complexity index is 466. The summed E-state index contributed by atoms with van der Waals surface area (Å²) in [7, 11) is 2.11. The van der Waals surface area contributed by atoms with Crippen LogP contribution in [-0.4, -0.2) is 42.6 Å². The van der Waals surface area contributed by atoms with Crippen LogP contribution in [0.1, 0.15) is 55.9 Å².